The maximum Gasteiger partial charge on any atom is 0.326 e. The number of anilines is 2. The van der Waals surface area contributed by atoms with E-state index in [0.29, 0.717) is 5.69 Å². The molecule has 162 valence electrons. The first-order valence-electron chi connectivity index (χ1n) is 9.03. The van der Waals surface area contributed by atoms with Gasteiger partial charge in [0.1, 0.15) is 6.54 Å². The highest BCUT2D eigenvalue weighted by Gasteiger charge is 2.27. The fraction of sp³-hybridized carbons (Fsp3) is 0.200. The highest BCUT2D eigenvalue weighted by Crippen LogP contribution is 2.34. The van der Waals surface area contributed by atoms with Crippen molar-refractivity contribution in [3.8, 4) is 0 Å². The van der Waals surface area contributed by atoms with Gasteiger partial charge in [0.25, 0.3) is 5.91 Å². The topological polar surface area (TPSA) is 105 Å². The molecule has 1 aliphatic heterocycles. The number of carbonyl (C=O) groups excluding carboxylic acids is 4. The van der Waals surface area contributed by atoms with Crippen LogP contribution in [0, 0.1) is 11.6 Å². The van der Waals surface area contributed by atoms with Crippen LogP contribution >= 0.6 is 11.8 Å². The van der Waals surface area contributed by atoms with E-state index in [1.165, 1.54) is 22.7 Å². The standard InChI is InChI=1S/C20H17F2N3O5S/c21-13-6-5-12(7-14(13)22)24-17(26)8-23-18(27)10-30-20(29)9-25-15-3-1-2-4-16(15)31-11-19(25)28/h1-7H,8-11H2,(H,23,27)(H,24,26). The number of para-hydroxylation sites is 1. The van der Waals surface area contributed by atoms with Crippen molar-refractivity contribution in [1.82, 2.24) is 5.32 Å². The van der Waals surface area contributed by atoms with Crippen LogP contribution in [-0.2, 0) is 23.9 Å². The predicted molar refractivity (Wildman–Crippen MR) is 108 cm³/mol. The van der Waals surface area contributed by atoms with E-state index in [2.05, 4.69) is 10.6 Å². The number of esters is 1. The van der Waals surface area contributed by atoms with Crippen molar-refractivity contribution < 1.29 is 32.7 Å². The lowest BCUT2D eigenvalue weighted by Crippen LogP contribution is -2.41. The summed E-state index contributed by atoms with van der Waals surface area (Å²) < 4.78 is 30.9. The summed E-state index contributed by atoms with van der Waals surface area (Å²) in [5, 5.41) is 4.52. The van der Waals surface area contributed by atoms with Crippen LogP contribution in [0.1, 0.15) is 0 Å². The maximum absolute atomic E-state index is 13.1. The molecule has 8 nitrogen and oxygen atoms in total. The molecule has 0 aliphatic carbocycles. The molecule has 2 aromatic carbocycles. The largest absolute Gasteiger partial charge is 0.454 e. The molecule has 1 heterocycles. The first kappa shape index (κ1) is 22.2. The van der Waals surface area contributed by atoms with Crippen LogP contribution in [0.2, 0.25) is 0 Å². The molecule has 0 spiro atoms. The summed E-state index contributed by atoms with van der Waals surface area (Å²) >= 11 is 1.37. The quantitative estimate of drug-likeness (QED) is 0.624. The minimum atomic E-state index is -1.12. The van der Waals surface area contributed by atoms with Gasteiger partial charge in [-0.15, -0.1) is 11.8 Å². The average molecular weight is 449 g/mol. The van der Waals surface area contributed by atoms with Crippen molar-refractivity contribution in [2.24, 2.45) is 0 Å². The number of fused-ring (bicyclic) bond motifs is 1. The lowest BCUT2D eigenvalue weighted by Gasteiger charge is -2.27. The molecular formula is C20H17F2N3O5S. The molecule has 0 bridgehead atoms. The number of ether oxygens (including phenoxy) is 1. The third-order valence-electron chi connectivity index (χ3n) is 4.11. The molecule has 0 aromatic heterocycles. The van der Waals surface area contributed by atoms with Crippen LogP contribution in [0.5, 0.6) is 0 Å². The Labute approximate surface area is 179 Å². The first-order valence-corrected chi connectivity index (χ1v) is 10.0. The number of carbonyl (C=O) groups is 4. The molecule has 0 fully saturated rings. The number of rotatable bonds is 7. The molecular weight excluding hydrogens is 432 g/mol. The van der Waals surface area contributed by atoms with E-state index in [1.807, 2.05) is 12.1 Å². The van der Waals surface area contributed by atoms with Crippen molar-refractivity contribution in [3.63, 3.8) is 0 Å². The minimum Gasteiger partial charge on any atom is -0.454 e. The van der Waals surface area contributed by atoms with Crippen molar-refractivity contribution in [2.75, 3.05) is 35.7 Å². The van der Waals surface area contributed by atoms with E-state index in [4.69, 9.17) is 4.74 Å². The Kier molecular flexibility index (Phi) is 7.19. The number of hydrogen-bond acceptors (Lipinski definition) is 6. The Morgan fingerprint density at radius 3 is 2.61 bits per heavy atom. The van der Waals surface area contributed by atoms with Crippen molar-refractivity contribution >= 4 is 46.8 Å². The number of nitrogens with one attached hydrogen (secondary N) is 2. The van der Waals surface area contributed by atoms with E-state index >= 15 is 0 Å². The monoisotopic (exact) mass is 449 g/mol. The van der Waals surface area contributed by atoms with E-state index in [9.17, 15) is 28.0 Å². The third-order valence-corrected chi connectivity index (χ3v) is 5.16. The van der Waals surface area contributed by atoms with Crippen LogP contribution in [-0.4, -0.2) is 49.1 Å². The molecule has 0 saturated heterocycles. The molecule has 0 unspecified atom stereocenters. The summed E-state index contributed by atoms with van der Waals surface area (Å²) in [6, 6.07) is 9.94. The number of benzene rings is 2. The molecule has 1 aliphatic rings. The van der Waals surface area contributed by atoms with Gasteiger partial charge in [-0.2, -0.15) is 0 Å². The summed E-state index contributed by atoms with van der Waals surface area (Å²) in [7, 11) is 0. The van der Waals surface area contributed by atoms with Crippen LogP contribution in [0.4, 0.5) is 20.2 Å². The maximum atomic E-state index is 13.1. The zero-order valence-electron chi connectivity index (χ0n) is 16.0. The van der Waals surface area contributed by atoms with Gasteiger partial charge >= 0.3 is 5.97 Å². The van der Waals surface area contributed by atoms with Crippen LogP contribution < -0.4 is 15.5 Å². The van der Waals surface area contributed by atoms with Crippen LogP contribution in [0.25, 0.3) is 0 Å². The zero-order chi connectivity index (χ0) is 22.4. The Balaban J connectivity index is 1.42. The predicted octanol–water partition coefficient (Wildman–Crippen LogP) is 1.70. The SMILES string of the molecule is O=C(COC(=O)CN1C(=O)CSc2ccccc21)NCC(=O)Nc1ccc(F)c(F)c1. The normalized spacial score (nSPS) is 12.7. The fourth-order valence-electron chi connectivity index (χ4n) is 2.66. The van der Waals surface area contributed by atoms with Gasteiger partial charge in [-0.25, -0.2) is 8.78 Å². The highest BCUT2D eigenvalue weighted by molar-refractivity contribution is 8.00. The van der Waals surface area contributed by atoms with Crippen molar-refractivity contribution in [3.05, 3.63) is 54.1 Å². The average Bonchev–Trinajstić information content (AvgIpc) is 2.75. The second kappa shape index (κ2) is 10.0. The number of hydrogen-bond donors (Lipinski definition) is 2. The van der Waals surface area contributed by atoms with E-state index in [-0.39, 0.29) is 23.9 Å². The lowest BCUT2D eigenvalue weighted by molar-refractivity contribution is -0.147. The Bertz CT molecular complexity index is 1030. The molecule has 0 saturated carbocycles. The van der Waals surface area contributed by atoms with E-state index in [1.54, 1.807) is 12.1 Å². The number of thioether (sulfide) groups is 1. The molecule has 11 heteroatoms. The van der Waals surface area contributed by atoms with Crippen LogP contribution in [0.15, 0.2) is 47.4 Å². The van der Waals surface area contributed by atoms with Crippen molar-refractivity contribution in [2.45, 2.75) is 4.90 Å². The third kappa shape index (κ3) is 6.01. The highest BCUT2D eigenvalue weighted by atomic mass is 32.2. The minimum absolute atomic E-state index is 0.0224. The first-order chi connectivity index (χ1) is 14.8. The molecule has 2 aromatic rings. The Morgan fingerprint density at radius 1 is 1.06 bits per heavy atom. The van der Waals surface area contributed by atoms with Gasteiger partial charge in [-0.05, 0) is 24.3 Å². The number of halogens is 2. The summed E-state index contributed by atoms with van der Waals surface area (Å²) in [4.78, 5) is 49.9. The van der Waals surface area contributed by atoms with Gasteiger partial charge in [0.05, 0.1) is 18.0 Å². The molecule has 2 N–H and O–H groups in total. The Hall–Kier alpha value is -3.47. The summed E-state index contributed by atoms with van der Waals surface area (Å²) in [6.07, 6.45) is 0. The van der Waals surface area contributed by atoms with Crippen LogP contribution in [0.3, 0.4) is 0 Å². The summed E-state index contributed by atoms with van der Waals surface area (Å²) in [5.74, 6) is -4.44. The van der Waals surface area contributed by atoms with Gasteiger partial charge in [0.2, 0.25) is 11.8 Å². The van der Waals surface area contributed by atoms with Gasteiger partial charge < -0.3 is 15.4 Å². The second-order valence-corrected chi connectivity index (χ2v) is 7.37. The molecule has 31 heavy (non-hydrogen) atoms. The van der Waals surface area contributed by atoms with Crippen molar-refractivity contribution in [1.29, 1.82) is 0 Å². The smallest absolute Gasteiger partial charge is 0.326 e. The van der Waals surface area contributed by atoms with Gasteiger partial charge in [-0.1, -0.05) is 12.1 Å². The van der Waals surface area contributed by atoms with Gasteiger partial charge in [0, 0.05) is 16.6 Å². The number of nitrogens with zero attached hydrogens (tertiary/aromatic N) is 1. The summed E-state index contributed by atoms with van der Waals surface area (Å²) in [6.45, 7) is -1.46. The lowest BCUT2D eigenvalue weighted by atomic mass is 10.2. The Morgan fingerprint density at radius 2 is 1.84 bits per heavy atom. The van der Waals surface area contributed by atoms with Gasteiger partial charge in [-0.3, -0.25) is 24.1 Å². The molecule has 3 rings (SSSR count). The number of amides is 3. The molecule has 3 amide bonds. The fourth-order valence-corrected chi connectivity index (χ4v) is 3.59. The molecule has 0 atom stereocenters. The summed E-state index contributed by atoms with van der Waals surface area (Å²) in [5.41, 5.74) is 0.619. The van der Waals surface area contributed by atoms with Gasteiger partial charge in [0.15, 0.2) is 18.2 Å². The molecule has 0 radical (unpaired) electrons. The second-order valence-electron chi connectivity index (χ2n) is 6.35. The van der Waals surface area contributed by atoms with E-state index < -0.39 is 42.6 Å². The zero-order valence-corrected chi connectivity index (χ0v) is 16.8. The van der Waals surface area contributed by atoms with E-state index in [0.717, 1.165) is 17.0 Å².